The summed E-state index contributed by atoms with van der Waals surface area (Å²) >= 11 is 0. The zero-order valence-electron chi connectivity index (χ0n) is 11.4. The van der Waals surface area contributed by atoms with Gasteiger partial charge in [-0.3, -0.25) is 0 Å². The number of aryl methyl sites for hydroxylation is 1. The second-order valence-corrected chi connectivity index (χ2v) is 4.94. The number of aromatic amines is 1. The maximum Gasteiger partial charge on any atom is 0.205 e. The fraction of sp³-hybridized carbons (Fsp3) is 0.0625. The zero-order chi connectivity index (χ0) is 14.2. The smallest absolute Gasteiger partial charge is 0.205 e. The molecular formula is C16H12N4O. The molecular weight excluding hydrogens is 264 g/mol. The van der Waals surface area contributed by atoms with Gasteiger partial charge in [0, 0.05) is 21.9 Å². The van der Waals surface area contributed by atoms with Gasteiger partial charge in [0.2, 0.25) is 5.82 Å². The summed E-state index contributed by atoms with van der Waals surface area (Å²) in [5.74, 6) is 1.38. The van der Waals surface area contributed by atoms with E-state index in [2.05, 4.69) is 45.7 Å². The van der Waals surface area contributed by atoms with Crippen molar-refractivity contribution in [1.82, 2.24) is 20.6 Å². The first-order valence-electron chi connectivity index (χ1n) is 6.64. The minimum Gasteiger partial charge on any atom is -0.463 e. The molecule has 102 valence electrons. The van der Waals surface area contributed by atoms with Gasteiger partial charge in [-0.25, -0.2) is 0 Å². The topological polar surface area (TPSA) is 67.6 Å². The molecule has 2 aromatic carbocycles. The SMILES string of the molecule is Cc1ccc2c(-c3ccccc3-c3nn[nH]n3)occ2c1. The summed E-state index contributed by atoms with van der Waals surface area (Å²) < 4.78 is 5.81. The van der Waals surface area contributed by atoms with Crippen LogP contribution in [0.4, 0.5) is 0 Å². The van der Waals surface area contributed by atoms with Crippen molar-refractivity contribution in [3.8, 4) is 22.7 Å². The highest BCUT2D eigenvalue weighted by Crippen LogP contribution is 2.36. The molecule has 0 saturated carbocycles. The zero-order valence-corrected chi connectivity index (χ0v) is 11.4. The number of furan rings is 1. The highest BCUT2D eigenvalue weighted by Gasteiger charge is 2.15. The normalized spacial score (nSPS) is 11.1. The molecule has 0 unspecified atom stereocenters. The number of fused-ring (bicyclic) bond motifs is 1. The highest BCUT2D eigenvalue weighted by atomic mass is 16.3. The first kappa shape index (κ1) is 11.8. The number of H-pyrrole nitrogens is 1. The Bertz CT molecular complexity index is 909. The maximum atomic E-state index is 5.81. The van der Waals surface area contributed by atoms with E-state index in [0.717, 1.165) is 27.7 Å². The first-order valence-corrected chi connectivity index (χ1v) is 6.64. The molecule has 2 heterocycles. The molecule has 2 aromatic heterocycles. The van der Waals surface area contributed by atoms with E-state index in [9.17, 15) is 0 Å². The lowest BCUT2D eigenvalue weighted by molar-refractivity contribution is 0.587. The molecule has 0 aliphatic carbocycles. The number of rotatable bonds is 2. The minimum absolute atomic E-state index is 0.558. The van der Waals surface area contributed by atoms with Crippen LogP contribution in [0, 0.1) is 6.92 Å². The largest absolute Gasteiger partial charge is 0.463 e. The van der Waals surface area contributed by atoms with Gasteiger partial charge in [0.05, 0.1) is 6.26 Å². The number of tetrazole rings is 1. The van der Waals surface area contributed by atoms with Crippen LogP contribution in [0.5, 0.6) is 0 Å². The predicted molar refractivity (Wildman–Crippen MR) is 79.6 cm³/mol. The van der Waals surface area contributed by atoms with Crippen molar-refractivity contribution in [1.29, 1.82) is 0 Å². The van der Waals surface area contributed by atoms with Crippen LogP contribution in [0.25, 0.3) is 33.5 Å². The Morgan fingerprint density at radius 1 is 1.05 bits per heavy atom. The van der Waals surface area contributed by atoms with Crippen LogP contribution in [-0.2, 0) is 0 Å². The van der Waals surface area contributed by atoms with E-state index < -0.39 is 0 Å². The fourth-order valence-electron chi connectivity index (χ4n) is 2.53. The lowest BCUT2D eigenvalue weighted by atomic mass is 10.0. The number of benzene rings is 2. The molecule has 4 aromatic rings. The van der Waals surface area contributed by atoms with E-state index in [4.69, 9.17) is 4.42 Å². The van der Waals surface area contributed by atoms with E-state index in [1.165, 1.54) is 5.56 Å². The van der Waals surface area contributed by atoms with Crippen LogP contribution in [0.2, 0.25) is 0 Å². The Hall–Kier alpha value is -2.95. The lowest BCUT2D eigenvalue weighted by Gasteiger charge is -2.04. The molecule has 0 saturated heterocycles. The molecule has 0 fully saturated rings. The molecule has 5 heteroatoms. The second-order valence-electron chi connectivity index (χ2n) is 4.94. The Balaban J connectivity index is 1.97. The fourth-order valence-corrected chi connectivity index (χ4v) is 2.53. The number of nitrogens with one attached hydrogen (secondary N) is 1. The van der Waals surface area contributed by atoms with Gasteiger partial charge in [-0.1, -0.05) is 42.0 Å². The molecule has 0 aliphatic rings. The van der Waals surface area contributed by atoms with Gasteiger partial charge in [0.25, 0.3) is 0 Å². The van der Waals surface area contributed by atoms with Crippen LogP contribution >= 0.6 is 0 Å². The van der Waals surface area contributed by atoms with Gasteiger partial charge < -0.3 is 4.42 Å². The van der Waals surface area contributed by atoms with Crippen LogP contribution in [0.15, 0.2) is 53.1 Å². The van der Waals surface area contributed by atoms with E-state index in [-0.39, 0.29) is 0 Å². The summed E-state index contributed by atoms with van der Waals surface area (Å²) in [6.07, 6.45) is 1.78. The molecule has 0 radical (unpaired) electrons. The molecule has 4 rings (SSSR count). The molecule has 5 nitrogen and oxygen atoms in total. The molecule has 0 aliphatic heterocycles. The standard InChI is InChI=1S/C16H12N4O/c1-10-6-7-12-11(8-10)9-21-15(12)13-4-2-3-5-14(13)16-17-19-20-18-16/h2-9H,1H3,(H,17,18,19,20). The van der Waals surface area contributed by atoms with E-state index in [1.54, 1.807) is 6.26 Å². The van der Waals surface area contributed by atoms with E-state index >= 15 is 0 Å². The van der Waals surface area contributed by atoms with Gasteiger partial charge >= 0.3 is 0 Å². The molecule has 21 heavy (non-hydrogen) atoms. The molecule has 0 spiro atoms. The van der Waals surface area contributed by atoms with Crippen LogP contribution in [0.1, 0.15) is 5.56 Å². The predicted octanol–water partition coefficient (Wildman–Crippen LogP) is 3.59. The van der Waals surface area contributed by atoms with Gasteiger partial charge in [-0.05, 0) is 18.2 Å². The van der Waals surface area contributed by atoms with E-state index in [0.29, 0.717) is 5.82 Å². The third-order valence-electron chi connectivity index (χ3n) is 3.51. The van der Waals surface area contributed by atoms with Crippen molar-refractivity contribution in [2.24, 2.45) is 0 Å². The minimum atomic E-state index is 0.558. The monoisotopic (exact) mass is 276 g/mol. The molecule has 1 N–H and O–H groups in total. The summed E-state index contributed by atoms with van der Waals surface area (Å²) in [6.45, 7) is 2.07. The summed E-state index contributed by atoms with van der Waals surface area (Å²) in [4.78, 5) is 0. The molecule has 0 amide bonds. The van der Waals surface area contributed by atoms with Crippen molar-refractivity contribution < 1.29 is 4.42 Å². The Morgan fingerprint density at radius 2 is 1.90 bits per heavy atom. The van der Waals surface area contributed by atoms with Crippen LogP contribution < -0.4 is 0 Å². The van der Waals surface area contributed by atoms with Gasteiger partial charge in [0.15, 0.2) is 0 Å². The van der Waals surface area contributed by atoms with Crippen molar-refractivity contribution in [2.75, 3.05) is 0 Å². The average molecular weight is 276 g/mol. The van der Waals surface area contributed by atoms with Gasteiger partial charge in [0.1, 0.15) is 5.76 Å². The van der Waals surface area contributed by atoms with Crippen molar-refractivity contribution >= 4 is 10.8 Å². The maximum absolute atomic E-state index is 5.81. The van der Waals surface area contributed by atoms with Crippen molar-refractivity contribution in [2.45, 2.75) is 6.92 Å². The average Bonchev–Trinajstić information content (AvgIpc) is 3.16. The number of nitrogens with zero attached hydrogens (tertiary/aromatic N) is 3. The number of hydrogen-bond acceptors (Lipinski definition) is 4. The third-order valence-corrected chi connectivity index (χ3v) is 3.51. The highest BCUT2D eigenvalue weighted by molar-refractivity contribution is 5.97. The van der Waals surface area contributed by atoms with Crippen molar-refractivity contribution in [3.63, 3.8) is 0 Å². The first-order chi connectivity index (χ1) is 10.3. The Labute approximate surface area is 120 Å². The summed E-state index contributed by atoms with van der Waals surface area (Å²) in [5, 5.41) is 16.4. The van der Waals surface area contributed by atoms with Crippen molar-refractivity contribution in [3.05, 3.63) is 54.3 Å². The lowest BCUT2D eigenvalue weighted by Crippen LogP contribution is -1.86. The van der Waals surface area contributed by atoms with Gasteiger partial charge in [-0.15, -0.1) is 10.2 Å². The molecule has 0 bridgehead atoms. The quantitative estimate of drug-likeness (QED) is 0.607. The summed E-state index contributed by atoms with van der Waals surface area (Å²) in [6, 6.07) is 14.2. The van der Waals surface area contributed by atoms with E-state index in [1.807, 2.05) is 24.3 Å². The third kappa shape index (κ3) is 1.90. The Morgan fingerprint density at radius 3 is 2.71 bits per heavy atom. The van der Waals surface area contributed by atoms with Crippen LogP contribution in [0.3, 0.4) is 0 Å². The number of aromatic nitrogens is 4. The molecule has 0 atom stereocenters. The Kier molecular flexibility index (Phi) is 2.57. The summed E-state index contributed by atoms with van der Waals surface area (Å²) in [5.41, 5.74) is 3.06. The van der Waals surface area contributed by atoms with Gasteiger partial charge in [-0.2, -0.15) is 5.21 Å². The number of hydrogen-bond donors (Lipinski definition) is 1. The van der Waals surface area contributed by atoms with Crippen LogP contribution in [-0.4, -0.2) is 20.6 Å². The summed E-state index contributed by atoms with van der Waals surface area (Å²) in [7, 11) is 0. The second kappa shape index (κ2) is 4.56.